The van der Waals surface area contributed by atoms with Gasteiger partial charge in [0.2, 0.25) is 16.0 Å². The topological polar surface area (TPSA) is 133 Å². The highest BCUT2D eigenvalue weighted by molar-refractivity contribution is 7.89. The van der Waals surface area contributed by atoms with Gasteiger partial charge in [-0.1, -0.05) is 12.1 Å². The molecule has 0 fully saturated rings. The Hall–Kier alpha value is -4.46. The van der Waals surface area contributed by atoms with Crippen molar-refractivity contribution in [1.29, 1.82) is 0 Å². The van der Waals surface area contributed by atoms with Crippen molar-refractivity contribution in [3.63, 3.8) is 0 Å². The lowest BCUT2D eigenvalue weighted by Crippen LogP contribution is -2.26. The van der Waals surface area contributed by atoms with Crippen LogP contribution in [0.25, 0.3) is 22.2 Å². The van der Waals surface area contributed by atoms with Gasteiger partial charge in [0.1, 0.15) is 22.1 Å². The first-order valence-corrected chi connectivity index (χ1v) is 14.9. The maximum absolute atomic E-state index is 13.2. The van der Waals surface area contributed by atoms with Crippen molar-refractivity contribution in [3.8, 4) is 16.9 Å². The predicted molar refractivity (Wildman–Crippen MR) is 163 cm³/mol. The number of fused-ring (bicyclic) bond motifs is 2. The minimum absolute atomic E-state index is 0.134. The van der Waals surface area contributed by atoms with E-state index in [-0.39, 0.29) is 4.90 Å². The van der Waals surface area contributed by atoms with E-state index in [1.807, 2.05) is 19.4 Å². The summed E-state index contributed by atoms with van der Waals surface area (Å²) in [5, 5.41) is 11.7. The van der Waals surface area contributed by atoms with Gasteiger partial charge >= 0.3 is 0 Å². The molecule has 1 aliphatic rings. The number of anilines is 4. The van der Waals surface area contributed by atoms with Crippen LogP contribution < -0.4 is 15.4 Å². The largest absolute Gasteiger partial charge is 0.495 e. The first-order chi connectivity index (χ1) is 20.1. The Bertz CT molecular complexity index is 1900. The summed E-state index contributed by atoms with van der Waals surface area (Å²) in [7, 11) is 4.88. The summed E-state index contributed by atoms with van der Waals surface area (Å²) >= 11 is 0. The second-order valence-electron chi connectivity index (χ2n) is 10.6. The molecule has 0 amide bonds. The fourth-order valence-electron chi connectivity index (χ4n) is 5.20. The molecule has 2 aromatic carbocycles. The number of likely N-dealkylation sites (N-methyl/N-ethyl adjacent to an activating group) is 1. The van der Waals surface area contributed by atoms with Gasteiger partial charge in [0, 0.05) is 57.8 Å². The number of methoxy groups -OCH3 is 1. The lowest BCUT2D eigenvalue weighted by atomic mass is 9.99. The van der Waals surface area contributed by atoms with Gasteiger partial charge in [-0.05, 0) is 48.9 Å². The minimum atomic E-state index is -3.74. The average Bonchev–Trinajstić information content (AvgIpc) is 3.59. The zero-order chi connectivity index (χ0) is 29.6. The Morgan fingerprint density at radius 3 is 2.60 bits per heavy atom. The number of ether oxygens (including phenoxy) is 1. The normalized spacial score (nSPS) is 13.9. The second-order valence-corrected chi connectivity index (χ2v) is 12.7. The smallest absolute Gasteiger partial charge is 0.244 e. The van der Waals surface area contributed by atoms with Crippen LogP contribution in [0.5, 0.6) is 5.75 Å². The summed E-state index contributed by atoms with van der Waals surface area (Å²) in [6.07, 6.45) is 6.47. The van der Waals surface area contributed by atoms with Crippen LogP contribution in [0.3, 0.4) is 0 Å². The molecular formula is C29H33N9O3S. The van der Waals surface area contributed by atoms with E-state index >= 15 is 0 Å². The van der Waals surface area contributed by atoms with Crippen LogP contribution in [0.4, 0.5) is 23.1 Å². The molecule has 13 heteroatoms. The average molecular weight is 588 g/mol. The molecule has 12 nitrogen and oxygen atoms in total. The van der Waals surface area contributed by atoms with Crippen molar-refractivity contribution in [2.24, 2.45) is 7.05 Å². The Labute approximate surface area is 244 Å². The fraction of sp³-hybridized carbons (Fsp3) is 0.276. The molecule has 0 atom stereocenters. The van der Waals surface area contributed by atoms with Crippen molar-refractivity contribution in [2.75, 3.05) is 45.4 Å². The standard InChI is InChI=1S/C29H33N9O3S/c1-36(2)42(39,40)25-9-7-6-8-22(25)32-28-26-21(20-14-31-38(4)17-20)15-30-27(26)34-29(35-28)33-23-12-19-16-37(3)11-10-18(19)13-24(23)41-5/h6-9,12-15,17H,10-11,16H2,1-5H3,(H3,30,32,33,34,35). The summed E-state index contributed by atoms with van der Waals surface area (Å²) in [6.45, 7) is 1.83. The number of aromatic nitrogens is 5. The highest BCUT2D eigenvalue weighted by Crippen LogP contribution is 2.38. The number of nitrogens with zero attached hydrogens (tertiary/aromatic N) is 6. The van der Waals surface area contributed by atoms with Crippen molar-refractivity contribution < 1.29 is 13.2 Å². The summed E-state index contributed by atoms with van der Waals surface area (Å²) in [5.41, 5.74) is 5.88. The van der Waals surface area contributed by atoms with Crippen LogP contribution in [-0.2, 0) is 30.0 Å². The third-order valence-corrected chi connectivity index (χ3v) is 9.29. The SMILES string of the molecule is COc1cc2c(cc1Nc1nc(Nc3ccccc3S(=O)(=O)N(C)C)c3c(-c4cnn(C)c4)c[nH]c3n1)CN(C)CC2. The molecule has 3 N–H and O–H groups in total. The monoisotopic (exact) mass is 587 g/mol. The van der Waals surface area contributed by atoms with Crippen LogP contribution in [0, 0.1) is 0 Å². The Balaban J connectivity index is 1.49. The van der Waals surface area contributed by atoms with Crippen LogP contribution in [-0.4, -0.2) is 77.2 Å². The molecule has 0 saturated heterocycles. The maximum Gasteiger partial charge on any atom is 0.244 e. The number of sulfonamides is 1. The van der Waals surface area contributed by atoms with E-state index < -0.39 is 10.0 Å². The van der Waals surface area contributed by atoms with Crippen LogP contribution >= 0.6 is 0 Å². The molecule has 0 saturated carbocycles. The summed E-state index contributed by atoms with van der Waals surface area (Å²) in [6, 6.07) is 10.9. The van der Waals surface area contributed by atoms with E-state index in [0.717, 1.165) is 36.3 Å². The number of H-pyrrole nitrogens is 1. The second kappa shape index (κ2) is 10.7. The zero-order valence-electron chi connectivity index (χ0n) is 24.1. The molecule has 6 rings (SSSR count). The van der Waals surface area contributed by atoms with Crippen LogP contribution in [0.15, 0.2) is 59.9 Å². The highest BCUT2D eigenvalue weighted by atomic mass is 32.2. The number of hydrogen-bond acceptors (Lipinski definition) is 9. The van der Waals surface area contributed by atoms with E-state index in [1.165, 1.54) is 29.5 Å². The Morgan fingerprint density at radius 2 is 1.86 bits per heavy atom. The number of aromatic amines is 1. The van der Waals surface area contributed by atoms with Gasteiger partial charge in [0.25, 0.3) is 0 Å². The van der Waals surface area contributed by atoms with Gasteiger partial charge in [0.15, 0.2) is 0 Å². The minimum Gasteiger partial charge on any atom is -0.495 e. The number of hydrogen-bond donors (Lipinski definition) is 3. The lowest BCUT2D eigenvalue weighted by molar-refractivity contribution is 0.312. The molecule has 0 bridgehead atoms. The molecule has 0 unspecified atom stereocenters. The Morgan fingerprint density at radius 1 is 1.05 bits per heavy atom. The van der Waals surface area contributed by atoms with E-state index in [9.17, 15) is 8.42 Å². The summed E-state index contributed by atoms with van der Waals surface area (Å²) in [5.74, 6) is 1.45. The van der Waals surface area contributed by atoms with Gasteiger partial charge in [-0.2, -0.15) is 15.1 Å². The van der Waals surface area contributed by atoms with E-state index in [0.29, 0.717) is 34.2 Å². The number of benzene rings is 2. The predicted octanol–water partition coefficient (Wildman–Crippen LogP) is 4.09. The molecule has 3 aromatic heterocycles. The molecule has 42 heavy (non-hydrogen) atoms. The first kappa shape index (κ1) is 27.7. The third kappa shape index (κ3) is 5.06. The van der Waals surface area contributed by atoms with Crippen molar-refractivity contribution in [2.45, 2.75) is 17.9 Å². The molecule has 5 aromatic rings. The van der Waals surface area contributed by atoms with E-state index in [1.54, 1.807) is 42.3 Å². The van der Waals surface area contributed by atoms with E-state index in [4.69, 9.17) is 14.7 Å². The number of rotatable bonds is 8. The molecule has 0 aliphatic carbocycles. The van der Waals surface area contributed by atoms with Crippen LogP contribution in [0.2, 0.25) is 0 Å². The van der Waals surface area contributed by atoms with Crippen molar-refractivity contribution in [1.82, 2.24) is 33.9 Å². The van der Waals surface area contributed by atoms with Gasteiger partial charge in [-0.25, -0.2) is 12.7 Å². The molecular weight excluding hydrogens is 554 g/mol. The van der Waals surface area contributed by atoms with Gasteiger partial charge in [-0.3, -0.25) is 4.68 Å². The molecule has 0 radical (unpaired) electrons. The third-order valence-electron chi connectivity index (χ3n) is 7.42. The molecule has 4 heterocycles. The summed E-state index contributed by atoms with van der Waals surface area (Å²) < 4.78 is 35.0. The molecule has 218 valence electrons. The number of nitrogens with one attached hydrogen (secondary N) is 3. The quantitative estimate of drug-likeness (QED) is 0.245. The van der Waals surface area contributed by atoms with Gasteiger partial charge in [-0.15, -0.1) is 0 Å². The Kier molecular flexibility index (Phi) is 7.09. The molecule has 1 aliphatic heterocycles. The van der Waals surface area contributed by atoms with Crippen molar-refractivity contribution in [3.05, 3.63) is 66.1 Å². The van der Waals surface area contributed by atoms with Gasteiger partial charge < -0.3 is 25.3 Å². The summed E-state index contributed by atoms with van der Waals surface area (Å²) in [4.78, 5) is 15.3. The van der Waals surface area contributed by atoms with E-state index in [2.05, 4.69) is 44.8 Å². The molecule has 0 spiro atoms. The number of aryl methyl sites for hydroxylation is 1. The number of para-hydroxylation sites is 1. The fourth-order valence-corrected chi connectivity index (χ4v) is 6.24. The van der Waals surface area contributed by atoms with Gasteiger partial charge in [0.05, 0.1) is 30.1 Å². The lowest BCUT2D eigenvalue weighted by Gasteiger charge is -2.26. The van der Waals surface area contributed by atoms with Crippen molar-refractivity contribution >= 4 is 44.2 Å². The van der Waals surface area contributed by atoms with Crippen LogP contribution in [0.1, 0.15) is 11.1 Å². The zero-order valence-corrected chi connectivity index (χ0v) is 25.0. The highest BCUT2D eigenvalue weighted by Gasteiger charge is 2.24. The maximum atomic E-state index is 13.2. The first-order valence-electron chi connectivity index (χ1n) is 13.5.